The number of furan rings is 1. The van der Waals surface area contributed by atoms with Crippen LogP contribution in [-0.2, 0) is 0 Å². The van der Waals surface area contributed by atoms with Crippen LogP contribution in [0.25, 0.3) is 0 Å². The summed E-state index contributed by atoms with van der Waals surface area (Å²) in [4.78, 5) is 0. The van der Waals surface area contributed by atoms with Gasteiger partial charge in [0.2, 0.25) is 0 Å². The van der Waals surface area contributed by atoms with E-state index in [2.05, 4.69) is 6.07 Å². The number of para-hydroxylation sites is 1. The van der Waals surface area contributed by atoms with Crippen molar-refractivity contribution in [2.24, 2.45) is 5.10 Å². The molecule has 114 valence electrons. The molecule has 0 spiro atoms. The second-order valence-electron chi connectivity index (χ2n) is 6.02. The Kier molecular flexibility index (Phi) is 2.73. The van der Waals surface area contributed by atoms with Crippen LogP contribution in [0.3, 0.4) is 0 Å². The first-order valence-corrected chi connectivity index (χ1v) is 7.37. The lowest BCUT2D eigenvalue weighted by molar-refractivity contribution is -0.0924. The van der Waals surface area contributed by atoms with Crippen molar-refractivity contribution < 1.29 is 13.9 Å². The predicted molar refractivity (Wildman–Crippen MR) is 82.1 cm³/mol. The van der Waals surface area contributed by atoms with Crippen LogP contribution >= 0.6 is 0 Å². The second kappa shape index (κ2) is 4.53. The van der Waals surface area contributed by atoms with Gasteiger partial charge in [-0.2, -0.15) is 5.10 Å². The van der Waals surface area contributed by atoms with Crippen molar-refractivity contribution in [2.75, 3.05) is 7.11 Å². The van der Waals surface area contributed by atoms with Gasteiger partial charge in [0.1, 0.15) is 11.5 Å². The Morgan fingerprint density at radius 1 is 1.27 bits per heavy atom. The van der Waals surface area contributed by atoms with Crippen molar-refractivity contribution >= 4 is 5.71 Å². The molecular weight excluding hydrogens is 280 g/mol. The van der Waals surface area contributed by atoms with Crippen molar-refractivity contribution in [3.05, 3.63) is 47.9 Å². The number of ether oxygens (including phenoxy) is 2. The number of rotatable bonds is 2. The first-order valence-electron chi connectivity index (χ1n) is 7.37. The quantitative estimate of drug-likeness (QED) is 0.850. The van der Waals surface area contributed by atoms with Gasteiger partial charge in [-0.05, 0) is 32.0 Å². The molecule has 5 heteroatoms. The highest BCUT2D eigenvalue weighted by atomic mass is 16.5. The summed E-state index contributed by atoms with van der Waals surface area (Å²) >= 11 is 0. The molecule has 1 aromatic carbocycles. The van der Waals surface area contributed by atoms with Crippen LogP contribution in [0, 0.1) is 0 Å². The SMILES string of the molecule is COc1cccc2c1OC(C)(C)N1N=C(c3ccco3)CC21. The summed E-state index contributed by atoms with van der Waals surface area (Å²) in [6.45, 7) is 4.04. The number of benzene rings is 1. The number of hydrogen-bond acceptors (Lipinski definition) is 5. The van der Waals surface area contributed by atoms with Gasteiger partial charge in [0.15, 0.2) is 17.2 Å². The third-order valence-electron chi connectivity index (χ3n) is 4.21. The minimum atomic E-state index is -0.541. The minimum Gasteiger partial charge on any atom is -0.493 e. The van der Waals surface area contributed by atoms with E-state index in [1.54, 1.807) is 13.4 Å². The van der Waals surface area contributed by atoms with Crippen molar-refractivity contribution in [3.8, 4) is 11.5 Å². The van der Waals surface area contributed by atoms with Crippen LogP contribution in [0.15, 0.2) is 46.1 Å². The van der Waals surface area contributed by atoms with Crippen LogP contribution in [0.4, 0.5) is 0 Å². The van der Waals surface area contributed by atoms with E-state index < -0.39 is 5.72 Å². The molecule has 2 aromatic rings. The van der Waals surface area contributed by atoms with Crippen LogP contribution in [0.2, 0.25) is 0 Å². The van der Waals surface area contributed by atoms with Gasteiger partial charge in [0.25, 0.3) is 0 Å². The van der Waals surface area contributed by atoms with E-state index in [4.69, 9.17) is 19.0 Å². The molecule has 0 saturated carbocycles. The van der Waals surface area contributed by atoms with Crippen LogP contribution < -0.4 is 9.47 Å². The Hall–Kier alpha value is -2.43. The fourth-order valence-electron chi connectivity index (χ4n) is 3.20. The van der Waals surface area contributed by atoms with Gasteiger partial charge in [-0.1, -0.05) is 12.1 Å². The lowest BCUT2D eigenvalue weighted by atomic mass is 9.96. The molecule has 1 unspecified atom stereocenters. The number of hydrazone groups is 1. The van der Waals surface area contributed by atoms with Crippen LogP contribution in [0.1, 0.15) is 37.6 Å². The number of methoxy groups -OCH3 is 1. The molecule has 0 saturated heterocycles. The first kappa shape index (κ1) is 13.2. The molecule has 2 aliphatic rings. The molecule has 0 aliphatic carbocycles. The van der Waals surface area contributed by atoms with Gasteiger partial charge >= 0.3 is 0 Å². The Labute approximate surface area is 129 Å². The highest BCUT2D eigenvalue weighted by Gasteiger charge is 2.46. The minimum absolute atomic E-state index is 0.133. The molecule has 0 radical (unpaired) electrons. The molecule has 0 amide bonds. The Morgan fingerprint density at radius 3 is 2.86 bits per heavy atom. The molecule has 1 atom stereocenters. The lowest BCUT2D eigenvalue weighted by Gasteiger charge is -2.43. The van der Waals surface area contributed by atoms with Crippen molar-refractivity contribution in [2.45, 2.75) is 32.0 Å². The molecule has 0 N–H and O–H groups in total. The smallest absolute Gasteiger partial charge is 0.192 e. The van der Waals surface area contributed by atoms with Crippen LogP contribution in [-0.4, -0.2) is 23.6 Å². The zero-order valence-corrected chi connectivity index (χ0v) is 12.9. The standard InChI is InChI=1S/C17H18N2O3/c1-17(2)19-13(10-12(18-19)14-8-5-9-21-14)11-6-4-7-15(20-3)16(11)22-17/h4-9,13H,10H2,1-3H3. The van der Waals surface area contributed by atoms with Gasteiger partial charge in [0.05, 0.1) is 19.4 Å². The molecule has 0 bridgehead atoms. The Bertz CT molecular complexity index is 734. The number of fused-ring (bicyclic) bond motifs is 3. The van der Waals surface area contributed by atoms with E-state index in [-0.39, 0.29) is 6.04 Å². The number of nitrogens with zero attached hydrogens (tertiary/aromatic N) is 2. The molecule has 0 fully saturated rings. The molecule has 3 heterocycles. The van der Waals surface area contributed by atoms with E-state index in [0.717, 1.165) is 35.0 Å². The van der Waals surface area contributed by atoms with Crippen molar-refractivity contribution in [1.82, 2.24) is 5.01 Å². The van der Waals surface area contributed by atoms with Crippen molar-refractivity contribution in [1.29, 1.82) is 0 Å². The zero-order valence-electron chi connectivity index (χ0n) is 12.9. The summed E-state index contributed by atoms with van der Waals surface area (Å²) < 4.78 is 17.1. The zero-order chi connectivity index (χ0) is 15.3. The topological polar surface area (TPSA) is 47.2 Å². The summed E-state index contributed by atoms with van der Waals surface area (Å²) in [5, 5.41) is 6.77. The largest absolute Gasteiger partial charge is 0.493 e. The highest BCUT2D eigenvalue weighted by molar-refractivity contribution is 5.99. The normalized spacial score (nSPS) is 21.7. The Balaban J connectivity index is 1.81. The van der Waals surface area contributed by atoms with Gasteiger partial charge in [0, 0.05) is 12.0 Å². The summed E-state index contributed by atoms with van der Waals surface area (Å²) in [7, 11) is 1.66. The van der Waals surface area contributed by atoms with Gasteiger partial charge in [-0.15, -0.1) is 0 Å². The maximum Gasteiger partial charge on any atom is 0.192 e. The molecule has 22 heavy (non-hydrogen) atoms. The summed E-state index contributed by atoms with van der Waals surface area (Å²) in [5.41, 5.74) is 1.51. The monoisotopic (exact) mass is 298 g/mol. The molecule has 2 aliphatic heterocycles. The summed E-state index contributed by atoms with van der Waals surface area (Å²) in [5.74, 6) is 2.39. The maximum atomic E-state index is 6.18. The van der Waals surface area contributed by atoms with E-state index in [1.807, 2.05) is 43.1 Å². The van der Waals surface area contributed by atoms with E-state index in [1.165, 1.54) is 0 Å². The van der Waals surface area contributed by atoms with Crippen molar-refractivity contribution in [3.63, 3.8) is 0 Å². The molecule has 5 nitrogen and oxygen atoms in total. The molecule has 4 rings (SSSR count). The second-order valence-corrected chi connectivity index (χ2v) is 6.02. The summed E-state index contributed by atoms with van der Waals surface area (Å²) in [6.07, 6.45) is 2.47. The first-order chi connectivity index (χ1) is 10.6. The summed E-state index contributed by atoms with van der Waals surface area (Å²) in [6, 6.07) is 9.95. The number of hydrogen-bond donors (Lipinski definition) is 0. The van der Waals surface area contributed by atoms with E-state index >= 15 is 0 Å². The third kappa shape index (κ3) is 1.81. The average Bonchev–Trinajstić information content (AvgIpc) is 3.16. The van der Waals surface area contributed by atoms with Gasteiger partial charge < -0.3 is 13.9 Å². The highest BCUT2D eigenvalue weighted by Crippen LogP contribution is 2.49. The average molecular weight is 298 g/mol. The molecular formula is C17H18N2O3. The van der Waals surface area contributed by atoms with Gasteiger partial charge in [-0.25, -0.2) is 5.01 Å². The van der Waals surface area contributed by atoms with E-state index in [9.17, 15) is 0 Å². The molecule has 1 aromatic heterocycles. The lowest BCUT2D eigenvalue weighted by Crippen LogP contribution is -2.48. The van der Waals surface area contributed by atoms with E-state index in [0.29, 0.717) is 0 Å². The fourth-order valence-corrected chi connectivity index (χ4v) is 3.20. The van der Waals surface area contributed by atoms with Gasteiger partial charge in [-0.3, -0.25) is 0 Å². The Morgan fingerprint density at radius 2 is 2.14 bits per heavy atom. The maximum absolute atomic E-state index is 6.18. The predicted octanol–water partition coefficient (Wildman–Crippen LogP) is 3.57. The third-order valence-corrected chi connectivity index (χ3v) is 4.21. The fraction of sp³-hybridized carbons (Fsp3) is 0.353. The van der Waals surface area contributed by atoms with Crippen LogP contribution in [0.5, 0.6) is 11.5 Å².